The zero-order valence-corrected chi connectivity index (χ0v) is 16.2. The number of rotatable bonds is 6. The van der Waals surface area contributed by atoms with Crippen LogP contribution in [0.3, 0.4) is 0 Å². The summed E-state index contributed by atoms with van der Waals surface area (Å²) in [6, 6.07) is 7.95. The van der Waals surface area contributed by atoms with Gasteiger partial charge in [-0.05, 0) is 29.8 Å². The molecule has 2 aromatic carbocycles. The Kier molecular flexibility index (Phi) is 6.80. The number of carbonyl (C=O) groups is 1. The molecule has 1 fully saturated rings. The van der Waals surface area contributed by atoms with Crippen LogP contribution in [-0.2, 0) is 11.2 Å². The number of phenolic OH excluding ortho intramolecular Hbond substituents is 3. The normalized spacial score (nSPS) is 27.1. The van der Waals surface area contributed by atoms with E-state index in [1.54, 1.807) is 0 Å². The second-order valence-corrected chi connectivity index (χ2v) is 7.39. The number of aliphatic hydroxyl groups is 5. The van der Waals surface area contributed by atoms with Gasteiger partial charge >= 0.3 is 0 Å². The number of ether oxygens (including phenoxy) is 1. The SMILES string of the molecule is O=C(c1ccc(O)c([C@H]2O[C@H](CO)[C@@H](O)[C@H](O)[C@H]2O)c1O)[C@H](O)Cc1ccc(O)cc1. The zero-order chi connectivity index (χ0) is 22.9. The van der Waals surface area contributed by atoms with Crippen LogP contribution in [-0.4, -0.2) is 83.8 Å². The molecule has 0 unspecified atom stereocenters. The Labute approximate surface area is 176 Å². The third kappa shape index (κ3) is 4.49. The Morgan fingerprint density at radius 2 is 1.58 bits per heavy atom. The molecule has 2 aromatic rings. The Morgan fingerprint density at radius 3 is 2.19 bits per heavy atom. The van der Waals surface area contributed by atoms with Crippen LogP contribution < -0.4 is 0 Å². The van der Waals surface area contributed by atoms with E-state index in [2.05, 4.69) is 0 Å². The van der Waals surface area contributed by atoms with Crippen LogP contribution >= 0.6 is 0 Å². The van der Waals surface area contributed by atoms with Gasteiger partial charge in [-0.15, -0.1) is 0 Å². The van der Waals surface area contributed by atoms with Gasteiger partial charge in [0.1, 0.15) is 53.9 Å². The lowest BCUT2D eigenvalue weighted by Gasteiger charge is -2.40. The highest BCUT2D eigenvalue weighted by atomic mass is 16.5. The molecular weight excluding hydrogens is 412 g/mol. The quantitative estimate of drug-likeness (QED) is 0.264. The first-order valence-corrected chi connectivity index (χ1v) is 9.51. The molecule has 6 atom stereocenters. The fourth-order valence-electron chi connectivity index (χ4n) is 3.54. The predicted octanol–water partition coefficient (Wildman–Crippen LogP) is -0.895. The number of hydrogen-bond donors (Lipinski definition) is 8. The van der Waals surface area contributed by atoms with Crippen molar-refractivity contribution in [1.82, 2.24) is 0 Å². The molecule has 31 heavy (non-hydrogen) atoms. The highest BCUT2D eigenvalue weighted by Gasteiger charge is 2.46. The van der Waals surface area contributed by atoms with Crippen LogP contribution in [0.25, 0.3) is 0 Å². The fraction of sp³-hybridized carbons (Fsp3) is 0.381. The Hall–Kier alpha value is -2.73. The maximum absolute atomic E-state index is 12.7. The van der Waals surface area contributed by atoms with E-state index in [4.69, 9.17) is 4.74 Å². The van der Waals surface area contributed by atoms with Gasteiger partial charge in [-0.1, -0.05) is 12.1 Å². The minimum absolute atomic E-state index is 0.0184. The van der Waals surface area contributed by atoms with E-state index in [1.807, 2.05) is 0 Å². The summed E-state index contributed by atoms with van der Waals surface area (Å²) in [6.45, 7) is -0.715. The average Bonchev–Trinajstić information content (AvgIpc) is 2.74. The summed E-state index contributed by atoms with van der Waals surface area (Å²) in [4.78, 5) is 12.7. The van der Waals surface area contributed by atoms with Gasteiger partial charge in [0.05, 0.1) is 17.7 Å². The molecule has 1 aliphatic rings. The van der Waals surface area contributed by atoms with Crippen molar-refractivity contribution in [3.63, 3.8) is 0 Å². The molecule has 0 saturated carbocycles. The summed E-state index contributed by atoms with van der Waals surface area (Å²) >= 11 is 0. The monoisotopic (exact) mass is 436 g/mol. The number of benzene rings is 2. The van der Waals surface area contributed by atoms with Crippen LogP contribution in [0.4, 0.5) is 0 Å². The summed E-state index contributed by atoms with van der Waals surface area (Å²) in [5.41, 5.74) is -0.248. The standard InChI is InChI=1S/C21H24O10/c22-8-14-18(28)19(29)20(30)21(31-14)15-12(24)6-5-11(17(15)27)16(26)13(25)7-9-1-3-10(23)4-2-9/h1-6,13-14,18-25,27-30H,7-8H2/t13-,14-,18-,19+,20-,21-/m1/s1. The lowest BCUT2D eigenvalue weighted by Crippen LogP contribution is -2.55. The maximum Gasteiger partial charge on any atom is 0.195 e. The van der Waals surface area contributed by atoms with E-state index >= 15 is 0 Å². The first-order valence-electron chi connectivity index (χ1n) is 9.51. The number of aliphatic hydroxyl groups excluding tert-OH is 5. The molecule has 8 N–H and O–H groups in total. The third-order valence-corrected chi connectivity index (χ3v) is 5.30. The van der Waals surface area contributed by atoms with Crippen molar-refractivity contribution in [2.45, 2.75) is 43.0 Å². The topological polar surface area (TPSA) is 188 Å². The first-order chi connectivity index (χ1) is 14.6. The summed E-state index contributed by atoms with van der Waals surface area (Å²) in [5, 5.41) is 80.0. The predicted molar refractivity (Wildman–Crippen MR) is 105 cm³/mol. The fourth-order valence-corrected chi connectivity index (χ4v) is 3.54. The Balaban J connectivity index is 1.91. The lowest BCUT2D eigenvalue weighted by molar-refractivity contribution is -0.232. The summed E-state index contributed by atoms with van der Waals surface area (Å²) < 4.78 is 5.35. The number of Topliss-reactive ketones (excluding diaryl/α,β-unsaturated/α-hetero) is 1. The Bertz CT molecular complexity index is 927. The number of aromatic hydroxyl groups is 3. The minimum atomic E-state index is -1.79. The van der Waals surface area contributed by atoms with Gasteiger partial charge in [0, 0.05) is 6.42 Å². The molecule has 168 valence electrons. The van der Waals surface area contributed by atoms with Gasteiger partial charge in [-0.3, -0.25) is 4.79 Å². The van der Waals surface area contributed by atoms with Gasteiger partial charge in [-0.25, -0.2) is 0 Å². The van der Waals surface area contributed by atoms with Gasteiger partial charge < -0.3 is 45.6 Å². The van der Waals surface area contributed by atoms with E-state index in [1.165, 1.54) is 24.3 Å². The van der Waals surface area contributed by atoms with Gasteiger partial charge in [0.25, 0.3) is 0 Å². The molecular formula is C21H24O10. The first kappa shape index (κ1) is 22.9. The molecule has 0 radical (unpaired) electrons. The van der Waals surface area contributed by atoms with Crippen molar-refractivity contribution in [1.29, 1.82) is 0 Å². The van der Waals surface area contributed by atoms with Crippen molar-refractivity contribution in [3.05, 3.63) is 53.1 Å². The second kappa shape index (κ2) is 9.18. The summed E-state index contributed by atoms with van der Waals surface area (Å²) in [6.07, 6.45) is -9.73. The molecule has 0 amide bonds. The molecule has 0 spiro atoms. The minimum Gasteiger partial charge on any atom is -0.508 e. The van der Waals surface area contributed by atoms with E-state index in [-0.39, 0.29) is 17.7 Å². The van der Waals surface area contributed by atoms with Gasteiger partial charge in [-0.2, -0.15) is 0 Å². The molecule has 1 aliphatic heterocycles. The zero-order valence-electron chi connectivity index (χ0n) is 16.2. The highest BCUT2D eigenvalue weighted by molar-refractivity contribution is 6.02. The third-order valence-electron chi connectivity index (χ3n) is 5.30. The van der Waals surface area contributed by atoms with Crippen LogP contribution in [0.2, 0.25) is 0 Å². The average molecular weight is 436 g/mol. The molecule has 0 aromatic heterocycles. The van der Waals surface area contributed by atoms with Crippen molar-refractivity contribution in [2.75, 3.05) is 6.61 Å². The van der Waals surface area contributed by atoms with E-state index in [9.17, 15) is 45.6 Å². The van der Waals surface area contributed by atoms with E-state index < -0.39 is 66.1 Å². The van der Waals surface area contributed by atoms with Crippen LogP contribution in [0.15, 0.2) is 36.4 Å². The van der Waals surface area contributed by atoms with Crippen molar-refractivity contribution >= 4 is 5.78 Å². The largest absolute Gasteiger partial charge is 0.508 e. The number of carbonyl (C=O) groups excluding carboxylic acids is 1. The van der Waals surface area contributed by atoms with Gasteiger partial charge in [0.2, 0.25) is 0 Å². The lowest BCUT2D eigenvalue weighted by atomic mass is 9.88. The number of phenols is 3. The van der Waals surface area contributed by atoms with Crippen LogP contribution in [0.5, 0.6) is 17.2 Å². The molecule has 10 heteroatoms. The van der Waals surface area contributed by atoms with Gasteiger partial charge in [0.15, 0.2) is 5.78 Å². The Morgan fingerprint density at radius 1 is 0.935 bits per heavy atom. The number of hydrogen-bond acceptors (Lipinski definition) is 10. The summed E-state index contributed by atoms with van der Waals surface area (Å²) in [5.74, 6) is -2.20. The van der Waals surface area contributed by atoms with Crippen molar-refractivity contribution in [2.24, 2.45) is 0 Å². The molecule has 0 bridgehead atoms. The number of ketones is 1. The molecule has 0 aliphatic carbocycles. The van der Waals surface area contributed by atoms with Crippen molar-refractivity contribution in [3.8, 4) is 17.2 Å². The smallest absolute Gasteiger partial charge is 0.195 e. The molecule has 3 rings (SSSR count). The molecule has 10 nitrogen and oxygen atoms in total. The van der Waals surface area contributed by atoms with E-state index in [0.717, 1.165) is 12.1 Å². The summed E-state index contributed by atoms with van der Waals surface area (Å²) in [7, 11) is 0. The van der Waals surface area contributed by atoms with Crippen LogP contribution in [0, 0.1) is 0 Å². The van der Waals surface area contributed by atoms with Crippen LogP contribution in [0.1, 0.15) is 27.6 Å². The van der Waals surface area contributed by atoms with Crippen molar-refractivity contribution < 1.29 is 50.4 Å². The molecule has 1 saturated heterocycles. The second-order valence-electron chi connectivity index (χ2n) is 7.39. The molecule has 1 heterocycles. The maximum atomic E-state index is 12.7. The highest BCUT2D eigenvalue weighted by Crippen LogP contribution is 2.43. The van der Waals surface area contributed by atoms with E-state index in [0.29, 0.717) is 5.56 Å².